The van der Waals surface area contributed by atoms with Crippen molar-refractivity contribution >= 4 is 51.7 Å². The Morgan fingerprint density at radius 2 is 1.85 bits per heavy atom. The summed E-state index contributed by atoms with van der Waals surface area (Å²) in [5, 5.41) is 4.20. The molecule has 1 amide bonds. The van der Waals surface area contributed by atoms with E-state index in [0.717, 1.165) is 16.5 Å². The van der Waals surface area contributed by atoms with Crippen molar-refractivity contribution in [2.45, 2.75) is 13.8 Å². The van der Waals surface area contributed by atoms with Crippen LogP contribution in [0.3, 0.4) is 0 Å². The molecule has 0 aliphatic carbocycles. The number of hydrogen-bond donors (Lipinski definition) is 1. The van der Waals surface area contributed by atoms with Crippen molar-refractivity contribution in [1.82, 2.24) is 4.98 Å². The fourth-order valence-corrected chi connectivity index (χ4v) is 3.15. The molecule has 0 atom stereocenters. The summed E-state index contributed by atoms with van der Waals surface area (Å²) in [6, 6.07) is 12.2. The van der Waals surface area contributed by atoms with Crippen molar-refractivity contribution in [3.05, 3.63) is 69.3 Å². The van der Waals surface area contributed by atoms with Crippen LogP contribution in [0, 0.1) is 13.8 Å². The average molecular weight is 403 g/mol. The molecule has 3 aromatic rings. The molecule has 1 heterocycles. The second-order valence-electron chi connectivity index (χ2n) is 5.96. The predicted octanol–water partition coefficient (Wildman–Crippen LogP) is 4.95. The molecule has 5 nitrogen and oxygen atoms in total. The molecule has 1 aromatic heterocycles. The second-order valence-corrected chi connectivity index (χ2v) is 6.81. The van der Waals surface area contributed by atoms with Gasteiger partial charge in [-0.15, -0.1) is 0 Å². The number of nitrogens with zero attached hydrogens (tertiary/aromatic N) is 1. The van der Waals surface area contributed by atoms with Gasteiger partial charge in [-0.2, -0.15) is 0 Å². The van der Waals surface area contributed by atoms with E-state index in [1.165, 1.54) is 6.07 Å². The van der Waals surface area contributed by atoms with E-state index in [4.69, 9.17) is 27.9 Å². The first-order valence-electron chi connectivity index (χ1n) is 8.15. The SMILES string of the molecule is Cc1nc2ccccc2c(C)c1C(=O)OCC(=O)Nc1cc(Cl)ccc1Cl. The summed E-state index contributed by atoms with van der Waals surface area (Å²) in [6.45, 7) is 3.12. The van der Waals surface area contributed by atoms with Crippen molar-refractivity contribution in [3.8, 4) is 0 Å². The van der Waals surface area contributed by atoms with Gasteiger partial charge in [0.2, 0.25) is 0 Å². The van der Waals surface area contributed by atoms with Crippen LogP contribution in [-0.4, -0.2) is 23.5 Å². The predicted molar refractivity (Wildman–Crippen MR) is 107 cm³/mol. The molecule has 138 valence electrons. The molecule has 0 unspecified atom stereocenters. The number of rotatable bonds is 4. The van der Waals surface area contributed by atoms with Crippen LogP contribution in [0.4, 0.5) is 5.69 Å². The van der Waals surface area contributed by atoms with Gasteiger partial charge in [0.15, 0.2) is 6.61 Å². The number of anilines is 1. The summed E-state index contributed by atoms with van der Waals surface area (Å²) in [7, 11) is 0. The Hall–Kier alpha value is -2.63. The van der Waals surface area contributed by atoms with Crippen LogP contribution in [0.25, 0.3) is 10.9 Å². The average Bonchev–Trinajstić information content (AvgIpc) is 2.63. The highest BCUT2D eigenvalue weighted by Gasteiger charge is 2.19. The molecule has 0 saturated heterocycles. The van der Waals surface area contributed by atoms with Gasteiger partial charge in [0, 0.05) is 10.4 Å². The van der Waals surface area contributed by atoms with Gasteiger partial charge >= 0.3 is 5.97 Å². The number of nitrogens with one attached hydrogen (secondary N) is 1. The van der Waals surface area contributed by atoms with E-state index in [-0.39, 0.29) is 0 Å². The van der Waals surface area contributed by atoms with Crippen LogP contribution < -0.4 is 5.32 Å². The van der Waals surface area contributed by atoms with Gasteiger partial charge in [0.25, 0.3) is 5.91 Å². The number of halogens is 2. The van der Waals surface area contributed by atoms with Gasteiger partial charge in [0.1, 0.15) is 0 Å². The van der Waals surface area contributed by atoms with Crippen LogP contribution in [0.15, 0.2) is 42.5 Å². The lowest BCUT2D eigenvalue weighted by Crippen LogP contribution is -2.22. The van der Waals surface area contributed by atoms with E-state index in [0.29, 0.717) is 27.0 Å². The lowest BCUT2D eigenvalue weighted by molar-refractivity contribution is -0.119. The number of esters is 1. The number of ether oxygens (including phenoxy) is 1. The zero-order valence-electron chi connectivity index (χ0n) is 14.7. The minimum atomic E-state index is -0.601. The number of carbonyl (C=O) groups is 2. The first-order chi connectivity index (χ1) is 12.9. The summed E-state index contributed by atoms with van der Waals surface area (Å²) in [6.07, 6.45) is 0. The molecule has 0 spiro atoms. The number of amides is 1. The third-order valence-corrected chi connectivity index (χ3v) is 4.64. The van der Waals surface area contributed by atoms with Crippen LogP contribution in [0.2, 0.25) is 10.0 Å². The quantitative estimate of drug-likeness (QED) is 0.626. The smallest absolute Gasteiger partial charge is 0.340 e. The Morgan fingerprint density at radius 3 is 2.63 bits per heavy atom. The number of hydrogen-bond acceptors (Lipinski definition) is 4. The van der Waals surface area contributed by atoms with Gasteiger partial charge in [-0.3, -0.25) is 9.78 Å². The summed E-state index contributed by atoms with van der Waals surface area (Å²) >= 11 is 11.9. The van der Waals surface area contributed by atoms with Gasteiger partial charge < -0.3 is 10.1 Å². The number of benzene rings is 2. The normalized spacial score (nSPS) is 10.7. The molecular weight excluding hydrogens is 387 g/mol. The van der Waals surface area contributed by atoms with Gasteiger partial charge in [0.05, 0.1) is 27.5 Å². The Kier molecular flexibility index (Phi) is 5.63. The number of para-hydroxylation sites is 1. The molecule has 1 N–H and O–H groups in total. The fraction of sp³-hybridized carbons (Fsp3) is 0.150. The molecule has 7 heteroatoms. The Morgan fingerprint density at radius 1 is 1.11 bits per heavy atom. The van der Waals surface area contributed by atoms with E-state index in [2.05, 4.69) is 10.3 Å². The van der Waals surface area contributed by atoms with Crippen molar-refractivity contribution in [2.24, 2.45) is 0 Å². The number of aryl methyl sites for hydroxylation is 2. The standard InChI is InChI=1S/C20H16Cl2N2O3/c1-11-14-5-3-4-6-16(14)23-12(2)19(11)20(26)27-10-18(25)24-17-9-13(21)7-8-15(17)22/h3-9H,10H2,1-2H3,(H,24,25). The van der Waals surface area contributed by atoms with Gasteiger partial charge in [-0.1, -0.05) is 41.4 Å². The van der Waals surface area contributed by atoms with Crippen LogP contribution >= 0.6 is 23.2 Å². The molecule has 3 rings (SSSR count). The lowest BCUT2D eigenvalue weighted by atomic mass is 10.0. The highest BCUT2D eigenvalue weighted by Crippen LogP contribution is 2.26. The number of fused-ring (bicyclic) bond motifs is 1. The molecular formula is C20H16Cl2N2O3. The van der Waals surface area contributed by atoms with Crippen LogP contribution in [-0.2, 0) is 9.53 Å². The molecule has 27 heavy (non-hydrogen) atoms. The molecule has 0 aliphatic rings. The van der Waals surface area contributed by atoms with Crippen molar-refractivity contribution < 1.29 is 14.3 Å². The Bertz CT molecular complexity index is 1050. The zero-order valence-corrected chi connectivity index (χ0v) is 16.2. The topological polar surface area (TPSA) is 68.3 Å². The van der Waals surface area contributed by atoms with Crippen molar-refractivity contribution in [2.75, 3.05) is 11.9 Å². The molecule has 2 aromatic carbocycles. The highest BCUT2D eigenvalue weighted by atomic mass is 35.5. The maximum absolute atomic E-state index is 12.5. The third kappa shape index (κ3) is 4.21. The Labute approximate surface area is 166 Å². The van der Waals surface area contributed by atoms with Crippen molar-refractivity contribution in [1.29, 1.82) is 0 Å². The summed E-state index contributed by atoms with van der Waals surface area (Å²) in [5.74, 6) is -1.12. The van der Waals surface area contributed by atoms with Gasteiger partial charge in [-0.25, -0.2) is 4.79 Å². The first kappa shape index (κ1) is 19.1. The Balaban J connectivity index is 1.73. The number of aromatic nitrogens is 1. The summed E-state index contributed by atoms with van der Waals surface area (Å²) in [5.41, 5.74) is 2.83. The molecule has 0 bridgehead atoms. The summed E-state index contributed by atoms with van der Waals surface area (Å²) < 4.78 is 5.18. The monoisotopic (exact) mass is 402 g/mol. The largest absolute Gasteiger partial charge is 0.452 e. The van der Waals surface area contributed by atoms with E-state index < -0.39 is 18.5 Å². The number of pyridine rings is 1. The highest BCUT2D eigenvalue weighted by molar-refractivity contribution is 6.35. The molecule has 0 radical (unpaired) electrons. The summed E-state index contributed by atoms with van der Waals surface area (Å²) in [4.78, 5) is 29.0. The van der Waals surface area contributed by atoms with Gasteiger partial charge in [-0.05, 0) is 43.7 Å². The van der Waals surface area contributed by atoms with Crippen molar-refractivity contribution in [3.63, 3.8) is 0 Å². The molecule has 0 fully saturated rings. The molecule has 0 aliphatic heterocycles. The third-order valence-electron chi connectivity index (χ3n) is 4.07. The molecule has 0 saturated carbocycles. The van der Waals surface area contributed by atoms with E-state index >= 15 is 0 Å². The first-order valence-corrected chi connectivity index (χ1v) is 8.90. The van der Waals surface area contributed by atoms with E-state index in [9.17, 15) is 9.59 Å². The van der Waals surface area contributed by atoms with E-state index in [1.54, 1.807) is 19.1 Å². The van der Waals surface area contributed by atoms with E-state index in [1.807, 2.05) is 31.2 Å². The maximum Gasteiger partial charge on any atom is 0.340 e. The number of carbonyl (C=O) groups excluding carboxylic acids is 2. The van der Waals surface area contributed by atoms with Crippen LogP contribution in [0.1, 0.15) is 21.6 Å². The fourth-order valence-electron chi connectivity index (χ4n) is 2.81. The zero-order chi connectivity index (χ0) is 19.6. The minimum Gasteiger partial charge on any atom is -0.452 e. The maximum atomic E-state index is 12.5. The lowest BCUT2D eigenvalue weighted by Gasteiger charge is -2.12. The van der Waals surface area contributed by atoms with Crippen LogP contribution in [0.5, 0.6) is 0 Å². The second kappa shape index (κ2) is 7.94. The minimum absolute atomic E-state index is 0.337.